The highest BCUT2D eigenvalue weighted by Gasteiger charge is 2.58. The summed E-state index contributed by atoms with van der Waals surface area (Å²) >= 11 is 0. The predicted molar refractivity (Wildman–Crippen MR) is 68.6 cm³/mol. The maximum atomic E-state index is 5.13. The van der Waals surface area contributed by atoms with Gasteiger partial charge in [0.05, 0.1) is 12.5 Å². The van der Waals surface area contributed by atoms with Crippen molar-refractivity contribution >= 4 is 0 Å². The fourth-order valence-electron chi connectivity index (χ4n) is 4.42. The van der Waals surface area contributed by atoms with Gasteiger partial charge in [0.25, 0.3) is 0 Å². The molecule has 0 aliphatic heterocycles. The first-order chi connectivity index (χ1) is 8.02. The van der Waals surface area contributed by atoms with Gasteiger partial charge in [-0.2, -0.15) is 0 Å². The zero-order chi connectivity index (χ0) is 12.1. The third-order valence-corrected chi connectivity index (χ3v) is 5.36. The summed E-state index contributed by atoms with van der Waals surface area (Å²) in [5.41, 5.74) is 2.21. The highest BCUT2D eigenvalue weighted by atomic mass is 16.3. The minimum atomic E-state index is 0.441. The van der Waals surface area contributed by atoms with Crippen LogP contribution in [0.15, 0.2) is 23.0 Å². The van der Waals surface area contributed by atoms with E-state index in [-0.39, 0.29) is 0 Å². The van der Waals surface area contributed by atoms with Gasteiger partial charge in [0.1, 0.15) is 0 Å². The SMILES string of the molecule is CC12CCC(C1)C(C)(C)C2NCc1ccoc1. The summed E-state index contributed by atoms with van der Waals surface area (Å²) in [5, 5.41) is 3.79. The lowest BCUT2D eigenvalue weighted by atomic mass is 9.68. The van der Waals surface area contributed by atoms with E-state index in [1.54, 1.807) is 6.26 Å². The minimum Gasteiger partial charge on any atom is -0.472 e. The number of rotatable bonds is 3. The number of hydrogen-bond donors (Lipinski definition) is 1. The van der Waals surface area contributed by atoms with E-state index in [2.05, 4.69) is 32.2 Å². The van der Waals surface area contributed by atoms with Gasteiger partial charge in [-0.1, -0.05) is 20.8 Å². The van der Waals surface area contributed by atoms with Gasteiger partial charge in [-0.05, 0) is 42.1 Å². The van der Waals surface area contributed by atoms with Crippen LogP contribution in [-0.4, -0.2) is 6.04 Å². The molecule has 0 saturated heterocycles. The number of nitrogens with one attached hydrogen (secondary N) is 1. The molecule has 94 valence electrons. The second kappa shape index (κ2) is 3.61. The Morgan fingerprint density at radius 3 is 2.82 bits per heavy atom. The lowest BCUT2D eigenvalue weighted by Gasteiger charge is -2.43. The molecule has 2 fully saturated rings. The van der Waals surface area contributed by atoms with Crippen molar-refractivity contribution in [3.05, 3.63) is 24.2 Å². The van der Waals surface area contributed by atoms with E-state index >= 15 is 0 Å². The molecule has 3 unspecified atom stereocenters. The lowest BCUT2D eigenvalue weighted by molar-refractivity contribution is 0.108. The summed E-state index contributed by atoms with van der Waals surface area (Å²) in [4.78, 5) is 0. The van der Waals surface area contributed by atoms with Crippen LogP contribution in [0.25, 0.3) is 0 Å². The van der Waals surface area contributed by atoms with Gasteiger partial charge in [-0.3, -0.25) is 0 Å². The molecule has 3 rings (SSSR count). The first-order valence-electron chi connectivity index (χ1n) is 6.77. The van der Waals surface area contributed by atoms with E-state index in [0.717, 1.165) is 12.5 Å². The normalized spacial score (nSPS) is 38.8. The third-order valence-electron chi connectivity index (χ3n) is 5.36. The van der Waals surface area contributed by atoms with Crippen LogP contribution >= 0.6 is 0 Å². The quantitative estimate of drug-likeness (QED) is 0.863. The topological polar surface area (TPSA) is 25.2 Å². The van der Waals surface area contributed by atoms with Crippen molar-refractivity contribution in [3.8, 4) is 0 Å². The van der Waals surface area contributed by atoms with Crippen molar-refractivity contribution in [2.24, 2.45) is 16.7 Å². The van der Waals surface area contributed by atoms with Crippen molar-refractivity contribution in [3.63, 3.8) is 0 Å². The average molecular weight is 233 g/mol. The summed E-state index contributed by atoms with van der Waals surface area (Å²) in [7, 11) is 0. The molecule has 1 aromatic rings. The van der Waals surface area contributed by atoms with E-state index in [9.17, 15) is 0 Å². The van der Waals surface area contributed by atoms with Crippen molar-refractivity contribution in [1.29, 1.82) is 0 Å². The Labute approximate surface area is 104 Å². The maximum absolute atomic E-state index is 5.13. The summed E-state index contributed by atoms with van der Waals surface area (Å²) in [6.07, 6.45) is 7.82. The number of fused-ring (bicyclic) bond motifs is 2. The fraction of sp³-hybridized carbons (Fsp3) is 0.733. The van der Waals surface area contributed by atoms with Gasteiger partial charge in [0, 0.05) is 18.2 Å². The Kier molecular flexibility index (Phi) is 2.41. The van der Waals surface area contributed by atoms with Crippen LogP contribution in [0, 0.1) is 16.7 Å². The maximum Gasteiger partial charge on any atom is 0.0947 e. The molecule has 0 spiro atoms. The first-order valence-corrected chi connectivity index (χ1v) is 6.77. The standard InChI is InChI=1S/C15H23NO/c1-14(2)12-4-6-15(3,8-12)13(14)16-9-11-5-7-17-10-11/h5,7,10,12-13,16H,4,6,8-9H2,1-3H3. The van der Waals surface area contributed by atoms with Crippen molar-refractivity contribution in [1.82, 2.24) is 5.32 Å². The Balaban J connectivity index is 1.74. The van der Waals surface area contributed by atoms with Gasteiger partial charge in [0.2, 0.25) is 0 Å². The fourth-order valence-corrected chi connectivity index (χ4v) is 4.42. The molecule has 3 atom stereocenters. The lowest BCUT2D eigenvalue weighted by Crippen LogP contribution is -2.49. The summed E-state index contributed by atoms with van der Waals surface area (Å²) in [6.45, 7) is 8.28. The van der Waals surface area contributed by atoms with Crippen LogP contribution in [0.5, 0.6) is 0 Å². The molecule has 17 heavy (non-hydrogen) atoms. The average Bonchev–Trinajstić information content (AvgIpc) is 2.90. The van der Waals surface area contributed by atoms with Crippen molar-refractivity contribution in [2.75, 3.05) is 0 Å². The van der Waals surface area contributed by atoms with E-state index in [1.165, 1.54) is 24.8 Å². The van der Waals surface area contributed by atoms with E-state index in [4.69, 9.17) is 4.42 Å². The van der Waals surface area contributed by atoms with Crippen LogP contribution in [0.1, 0.15) is 45.6 Å². The van der Waals surface area contributed by atoms with Gasteiger partial charge in [-0.25, -0.2) is 0 Å². The monoisotopic (exact) mass is 233 g/mol. The Morgan fingerprint density at radius 2 is 2.24 bits per heavy atom. The highest BCUT2D eigenvalue weighted by molar-refractivity contribution is 5.13. The number of furan rings is 1. The summed E-state index contributed by atoms with van der Waals surface area (Å²) in [5.74, 6) is 0.911. The summed E-state index contributed by atoms with van der Waals surface area (Å²) in [6, 6.07) is 2.69. The minimum absolute atomic E-state index is 0.441. The van der Waals surface area contributed by atoms with E-state index in [1.807, 2.05) is 6.26 Å². The van der Waals surface area contributed by atoms with Gasteiger partial charge >= 0.3 is 0 Å². The van der Waals surface area contributed by atoms with Gasteiger partial charge < -0.3 is 9.73 Å². The highest BCUT2D eigenvalue weighted by Crippen LogP contribution is 2.62. The predicted octanol–water partition coefficient (Wildman–Crippen LogP) is 3.58. The Morgan fingerprint density at radius 1 is 1.41 bits per heavy atom. The molecule has 2 saturated carbocycles. The molecule has 2 bridgehead atoms. The zero-order valence-corrected chi connectivity index (χ0v) is 11.1. The molecular formula is C15H23NO. The molecular weight excluding hydrogens is 210 g/mol. The van der Waals surface area contributed by atoms with Gasteiger partial charge in [-0.15, -0.1) is 0 Å². The molecule has 0 radical (unpaired) electrons. The Bertz CT molecular complexity index is 390. The molecule has 0 aromatic carbocycles. The second-order valence-corrected chi connectivity index (χ2v) is 6.86. The van der Waals surface area contributed by atoms with Crippen LogP contribution in [0.4, 0.5) is 0 Å². The van der Waals surface area contributed by atoms with Crippen LogP contribution in [-0.2, 0) is 6.54 Å². The Hall–Kier alpha value is -0.760. The van der Waals surface area contributed by atoms with E-state index < -0.39 is 0 Å². The third kappa shape index (κ3) is 1.65. The van der Waals surface area contributed by atoms with E-state index in [0.29, 0.717) is 16.9 Å². The molecule has 2 heteroatoms. The van der Waals surface area contributed by atoms with Gasteiger partial charge in [0.15, 0.2) is 0 Å². The molecule has 2 aliphatic rings. The largest absolute Gasteiger partial charge is 0.472 e. The molecule has 1 heterocycles. The second-order valence-electron chi connectivity index (χ2n) is 6.86. The summed E-state index contributed by atoms with van der Waals surface area (Å²) < 4.78 is 5.13. The molecule has 1 aromatic heterocycles. The molecule has 1 N–H and O–H groups in total. The first kappa shape index (κ1) is 11.3. The van der Waals surface area contributed by atoms with Crippen LogP contribution < -0.4 is 5.32 Å². The smallest absolute Gasteiger partial charge is 0.0947 e. The molecule has 2 aliphatic carbocycles. The van der Waals surface area contributed by atoms with Crippen molar-refractivity contribution in [2.45, 2.75) is 52.6 Å². The van der Waals surface area contributed by atoms with Crippen LogP contribution in [0.3, 0.4) is 0 Å². The zero-order valence-electron chi connectivity index (χ0n) is 11.1. The molecule has 2 nitrogen and oxygen atoms in total. The van der Waals surface area contributed by atoms with Crippen LogP contribution in [0.2, 0.25) is 0 Å². The number of hydrogen-bond acceptors (Lipinski definition) is 2. The van der Waals surface area contributed by atoms with Crippen molar-refractivity contribution < 1.29 is 4.42 Å². The molecule has 0 amide bonds.